The summed E-state index contributed by atoms with van der Waals surface area (Å²) in [4.78, 5) is 23.3. The Bertz CT molecular complexity index is 2530. The van der Waals surface area contributed by atoms with Crippen molar-refractivity contribution in [1.29, 1.82) is 0 Å². The Morgan fingerprint density at radius 1 is 0.861 bits per heavy atom. The predicted octanol–water partition coefficient (Wildman–Crippen LogP) is 10.8. The average Bonchev–Trinajstić information content (AvgIpc) is 3.88. The fourth-order valence-electron chi connectivity index (χ4n) is 11.1. The minimum atomic E-state index is -1.53. The third-order valence-corrected chi connectivity index (χ3v) is 14.7. The third-order valence-electron chi connectivity index (χ3n) is 14.7. The molecule has 1 saturated carbocycles. The number of amides is 1. The summed E-state index contributed by atoms with van der Waals surface area (Å²) >= 11 is 0. The second-order valence-corrected chi connectivity index (χ2v) is 19.5. The molecule has 9 rings (SSSR count). The SMILES string of the molecule is C=CCO[C@@]12Oc3ccc(Oc4ccc(C)c(C)c4)cc3[C@H]3[C@H](CCCCO)[C@@H](CCCCO)C=C(C(=NOC4CCCCO4)C[C@@H]1N(Cc1ccc4c(c1)OCO4)C(=O)OCCOCc1ccccc1)[C@H]32. The molecule has 1 amide bonds. The molecule has 0 radical (unpaired) electrons. The lowest BCUT2D eigenvalue weighted by Gasteiger charge is -2.59. The van der Waals surface area contributed by atoms with Crippen LogP contribution in [0.15, 0.2) is 114 Å². The van der Waals surface area contributed by atoms with Crippen LogP contribution in [0.1, 0.15) is 97.9 Å². The summed E-state index contributed by atoms with van der Waals surface area (Å²) in [6.45, 7) is 9.82. The van der Waals surface area contributed by atoms with Crippen LogP contribution in [0.25, 0.3) is 0 Å². The standard InChI is InChI=1S/C58H70N2O12/c1-4-27-69-58-53(60(36-42-20-23-51-52(32-42)68-38-67-51)57(63)66-30-29-64-37-41-14-6-5-7-15-41)35-49(59-72-54-18-10-13-28-65-54)47-33-43(16-8-11-25-61)46(17-9-12-26-62)55(56(47)58)48-34-45(22-24-50(48)71-58)70-44-21-19-39(2)40(3)31-44/h4-7,14-15,19-24,31-34,43,46,53-56,61-62H,1,8-13,16-18,25-30,35-38H2,2-3H3/t43-,46+,53-,54?,55+,56+,58+/m0/s1. The van der Waals surface area contributed by atoms with Crippen LogP contribution < -0.4 is 18.9 Å². The summed E-state index contributed by atoms with van der Waals surface area (Å²) in [5, 5.41) is 25.2. The monoisotopic (exact) mass is 986 g/mol. The summed E-state index contributed by atoms with van der Waals surface area (Å²) in [5.74, 6) is 0.889. The molecule has 7 atom stereocenters. The third kappa shape index (κ3) is 11.6. The molecule has 384 valence electrons. The Morgan fingerprint density at radius 2 is 1.65 bits per heavy atom. The number of rotatable bonds is 23. The number of allylic oxidation sites excluding steroid dienone is 1. The number of aliphatic hydroxyl groups is 2. The Labute approximate surface area is 423 Å². The number of benzene rings is 4. The van der Waals surface area contributed by atoms with Gasteiger partial charge in [0.05, 0.1) is 38.1 Å². The number of aryl methyl sites for hydroxylation is 2. The van der Waals surface area contributed by atoms with Gasteiger partial charge < -0.3 is 52.9 Å². The van der Waals surface area contributed by atoms with Crippen molar-refractivity contribution in [3.8, 4) is 28.7 Å². The topological polar surface area (TPSA) is 156 Å². The highest BCUT2D eigenvalue weighted by molar-refractivity contribution is 6.03. The van der Waals surface area contributed by atoms with E-state index in [0.29, 0.717) is 61.2 Å². The zero-order chi connectivity index (χ0) is 49.9. The number of hydrogen-bond donors (Lipinski definition) is 2. The zero-order valence-corrected chi connectivity index (χ0v) is 41.7. The van der Waals surface area contributed by atoms with Gasteiger partial charge in [-0.2, -0.15) is 0 Å². The number of carbonyl (C=O) groups excluding carboxylic acids is 1. The minimum absolute atomic E-state index is 0.00769. The normalized spacial score (nSPS) is 24.3. The van der Waals surface area contributed by atoms with E-state index in [2.05, 4.69) is 38.6 Å². The Morgan fingerprint density at radius 3 is 2.44 bits per heavy atom. The quantitative estimate of drug-likeness (QED) is 0.0413. The van der Waals surface area contributed by atoms with Gasteiger partial charge in [0.1, 0.15) is 29.9 Å². The van der Waals surface area contributed by atoms with Crippen molar-refractivity contribution in [1.82, 2.24) is 4.90 Å². The van der Waals surface area contributed by atoms with Crippen molar-refractivity contribution in [2.45, 2.75) is 115 Å². The van der Waals surface area contributed by atoms with Gasteiger partial charge in [-0.25, -0.2) is 4.79 Å². The molecular weight excluding hydrogens is 917 g/mol. The van der Waals surface area contributed by atoms with Crippen molar-refractivity contribution in [3.63, 3.8) is 0 Å². The lowest BCUT2D eigenvalue weighted by molar-refractivity contribution is -0.256. The number of hydrogen-bond acceptors (Lipinski definition) is 13. The molecule has 0 spiro atoms. The van der Waals surface area contributed by atoms with Gasteiger partial charge >= 0.3 is 6.09 Å². The molecule has 0 aromatic heterocycles. The van der Waals surface area contributed by atoms with Crippen LogP contribution in [0.4, 0.5) is 4.79 Å². The maximum atomic E-state index is 15.2. The van der Waals surface area contributed by atoms with E-state index in [4.69, 9.17) is 47.9 Å². The first kappa shape index (κ1) is 51.0. The number of unbranched alkanes of at least 4 members (excludes halogenated alkanes) is 2. The van der Waals surface area contributed by atoms with Gasteiger partial charge in [0, 0.05) is 44.1 Å². The van der Waals surface area contributed by atoms with Gasteiger partial charge in [-0.1, -0.05) is 72.6 Å². The van der Waals surface area contributed by atoms with Crippen molar-refractivity contribution in [2.24, 2.45) is 22.9 Å². The van der Waals surface area contributed by atoms with Crippen LogP contribution in [0.2, 0.25) is 0 Å². The number of nitrogens with zero attached hydrogens (tertiary/aromatic N) is 2. The molecule has 1 saturated heterocycles. The second-order valence-electron chi connectivity index (χ2n) is 19.5. The summed E-state index contributed by atoms with van der Waals surface area (Å²) in [6.07, 6.45) is 10.2. The van der Waals surface area contributed by atoms with Crippen LogP contribution in [0.3, 0.4) is 0 Å². The van der Waals surface area contributed by atoms with E-state index in [9.17, 15) is 10.2 Å². The van der Waals surface area contributed by atoms with Gasteiger partial charge in [0.25, 0.3) is 0 Å². The van der Waals surface area contributed by atoms with Crippen molar-refractivity contribution < 1.29 is 57.7 Å². The highest BCUT2D eigenvalue weighted by atomic mass is 16.8. The molecule has 4 aromatic carbocycles. The first-order valence-corrected chi connectivity index (χ1v) is 25.8. The van der Waals surface area contributed by atoms with E-state index in [0.717, 1.165) is 72.1 Å². The molecule has 3 aliphatic heterocycles. The van der Waals surface area contributed by atoms with Gasteiger partial charge in [0.2, 0.25) is 18.9 Å². The number of oxime groups is 1. The first-order valence-electron chi connectivity index (χ1n) is 25.8. The van der Waals surface area contributed by atoms with E-state index in [-0.39, 0.29) is 70.5 Å². The average molecular weight is 987 g/mol. The zero-order valence-electron chi connectivity index (χ0n) is 41.7. The Kier molecular flexibility index (Phi) is 17.2. The maximum absolute atomic E-state index is 15.2. The van der Waals surface area contributed by atoms with Crippen LogP contribution in [-0.4, -0.2) is 91.5 Å². The molecule has 72 heavy (non-hydrogen) atoms. The summed E-state index contributed by atoms with van der Waals surface area (Å²) < 4.78 is 51.2. The molecule has 14 nitrogen and oxygen atoms in total. The Hall–Kier alpha value is -5.90. The fourth-order valence-corrected chi connectivity index (χ4v) is 11.1. The molecule has 14 heteroatoms. The van der Waals surface area contributed by atoms with Gasteiger partial charge in [-0.15, -0.1) is 6.58 Å². The molecule has 3 heterocycles. The predicted molar refractivity (Wildman–Crippen MR) is 271 cm³/mol. The van der Waals surface area contributed by atoms with E-state index in [1.165, 1.54) is 5.56 Å². The number of carbonyl (C=O) groups is 1. The molecule has 1 unspecified atom stereocenters. The van der Waals surface area contributed by atoms with E-state index < -0.39 is 30.1 Å². The summed E-state index contributed by atoms with van der Waals surface area (Å²) in [5.41, 5.74) is 6.61. The molecule has 2 fully saturated rings. The molecule has 2 N–H and O–H groups in total. The summed E-state index contributed by atoms with van der Waals surface area (Å²) in [6, 6.07) is 26.7. The minimum Gasteiger partial charge on any atom is -0.459 e. The van der Waals surface area contributed by atoms with Crippen molar-refractivity contribution >= 4 is 11.8 Å². The lowest BCUT2D eigenvalue weighted by atomic mass is 9.55. The molecule has 0 bridgehead atoms. The largest absolute Gasteiger partial charge is 0.459 e. The highest BCUT2D eigenvalue weighted by Gasteiger charge is 2.66. The van der Waals surface area contributed by atoms with E-state index >= 15 is 4.79 Å². The van der Waals surface area contributed by atoms with Crippen LogP contribution in [0, 0.1) is 31.6 Å². The maximum Gasteiger partial charge on any atom is 0.410 e. The number of fused-ring (bicyclic) bond motifs is 3. The van der Waals surface area contributed by atoms with Crippen molar-refractivity contribution in [2.75, 3.05) is 46.4 Å². The van der Waals surface area contributed by atoms with Crippen LogP contribution in [0.5, 0.6) is 28.7 Å². The Balaban J connectivity index is 1.19. The number of ether oxygens (including phenoxy) is 8. The smallest absolute Gasteiger partial charge is 0.410 e. The number of aliphatic hydroxyl groups excluding tert-OH is 2. The van der Waals surface area contributed by atoms with Gasteiger partial charge in [-0.3, -0.25) is 4.90 Å². The van der Waals surface area contributed by atoms with Crippen molar-refractivity contribution in [3.05, 3.63) is 137 Å². The molecule has 2 aliphatic carbocycles. The first-order chi connectivity index (χ1) is 35.3. The van der Waals surface area contributed by atoms with Gasteiger partial charge in [0.15, 0.2) is 11.5 Å². The fraction of sp³-hybridized carbons (Fsp3) is 0.483. The second kappa shape index (κ2) is 24.2. The van der Waals surface area contributed by atoms with Gasteiger partial charge in [-0.05, 0) is 134 Å². The highest BCUT2D eigenvalue weighted by Crippen LogP contribution is 2.62. The van der Waals surface area contributed by atoms with E-state index in [1.807, 2.05) is 72.8 Å². The molecular formula is C58H70N2O12. The lowest BCUT2D eigenvalue weighted by Crippen LogP contribution is -2.70. The molecule has 4 aromatic rings. The summed E-state index contributed by atoms with van der Waals surface area (Å²) in [7, 11) is 0. The molecule has 5 aliphatic rings. The van der Waals surface area contributed by atoms with E-state index in [1.54, 1.807) is 11.0 Å². The van der Waals surface area contributed by atoms with Crippen LogP contribution >= 0.6 is 0 Å². The van der Waals surface area contributed by atoms with Crippen LogP contribution in [-0.2, 0) is 36.9 Å².